The van der Waals surface area contributed by atoms with Crippen molar-refractivity contribution in [3.05, 3.63) is 64.4 Å². The normalized spacial score (nSPS) is 22.7. The molecule has 0 saturated carbocycles. The zero-order chi connectivity index (χ0) is 24.6. The maximum absolute atomic E-state index is 9.96. The summed E-state index contributed by atoms with van der Waals surface area (Å²) in [4.78, 5) is 13.5. The lowest BCUT2D eigenvalue weighted by atomic mass is 9.79. The highest BCUT2D eigenvalue weighted by Gasteiger charge is 2.48. The molecular weight excluding hydrogens is 461 g/mol. The van der Waals surface area contributed by atoms with E-state index in [-0.39, 0.29) is 35.5 Å². The van der Waals surface area contributed by atoms with Crippen molar-refractivity contribution in [1.29, 1.82) is 5.26 Å². The van der Waals surface area contributed by atoms with Crippen LogP contribution in [0.25, 0.3) is 0 Å². The second-order valence-corrected chi connectivity index (χ2v) is 10.3. The van der Waals surface area contributed by atoms with Gasteiger partial charge < -0.3 is 0 Å². The summed E-state index contributed by atoms with van der Waals surface area (Å²) in [7, 11) is 0. The number of aromatic nitrogens is 1. The smallest absolute Gasteiger partial charge is 0.129 e. The third-order valence-electron chi connectivity index (χ3n) is 5.30. The van der Waals surface area contributed by atoms with Gasteiger partial charge >= 0.3 is 0 Å². The SMILES string of the molecule is CC(C)N(OON)C1NC(CC(C)(C)C)C(C#N)C1c1cccc(Cl)c1.Clc1ccccn1. The van der Waals surface area contributed by atoms with Crippen LogP contribution in [0.5, 0.6) is 0 Å². The Balaban J connectivity index is 0.000000468. The molecular formula is C24H33Cl2N5O2. The van der Waals surface area contributed by atoms with E-state index in [0.717, 1.165) is 12.0 Å². The molecule has 0 aliphatic carbocycles. The summed E-state index contributed by atoms with van der Waals surface area (Å²) < 4.78 is 0. The van der Waals surface area contributed by atoms with Gasteiger partial charge in [-0.3, -0.25) is 5.32 Å². The predicted molar refractivity (Wildman–Crippen MR) is 131 cm³/mol. The van der Waals surface area contributed by atoms with Crippen molar-refractivity contribution < 1.29 is 9.98 Å². The van der Waals surface area contributed by atoms with Crippen LogP contribution in [-0.2, 0) is 9.98 Å². The molecule has 9 heteroatoms. The summed E-state index contributed by atoms with van der Waals surface area (Å²) in [5.74, 6) is 4.80. The minimum atomic E-state index is -0.269. The van der Waals surface area contributed by atoms with Crippen molar-refractivity contribution in [3.8, 4) is 6.07 Å². The third-order valence-corrected chi connectivity index (χ3v) is 5.76. The Morgan fingerprint density at radius 1 is 1.21 bits per heavy atom. The summed E-state index contributed by atoms with van der Waals surface area (Å²) in [6, 6.07) is 15.6. The lowest BCUT2D eigenvalue weighted by Gasteiger charge is -2.33. The number of benzene rings is 1. The highest BCUT2D eigenvalue weighted by molar-refractivity contribution is 6.30. The monoisotopic (exact) mass is 493 g/mol. The number of nitrogens with one attached hydrogen (secondary N) is 1. The molecule has 1 aliphatic rings. The van der Waals surface area contributed by atoms with E-state index in [1.165, 1.54) is 0 Å². The van der Waals surface area contributed by atoms with Crippen molar-refractivity contribution in [2.45, 2.75) is 65.2 Å². The maximum Gasteiger partial charge on any atom is 0.129 e. The van der Waals surface area contributed by atoms with Gasteiger partial charge in [0.2, 0.25) is 0 Å². The molecule has 0 amide bonds. The largest absolute Gasteiger partial charge is 0.295 e. The second kappa shape index (κ2) is 12.6. The number of hydrogen-bond donors (Lipinski definition) is 2. The first kappa shape index (κ1) is 27.5. The fourth-order valence-electron chi connectivity index (χ4n) is 4.07. The Morgan fingerprint density at radius 2 is 1.94 bits per heavy atom. The molecule has 180 valence electrons. The number of nitrogens with two attached hydrogens (primary N) is 1. The molecule has 1 fully saturated rings. The predicted octanol–water partition coefficient (Wildman–Crippen LogP) is 5.48. The van der Waals surface area contributed by atoms with Gasteiger partial charge in [-0.05, 0) is 55.5 Å². The van der Waals surface area contributed by atoms with Gasteiger partial charge in [0, 0.05) is 29.2 Å². The first-order valence-corrected chi connectivity index (χ1v) is 11.6. The molecule has 33 heavy (non-hydrogen) atoms. The molecule has 7 nitrogen and oxygen atoms in total. The molecule has 2 aromatic rings. The van der Waals surface area contributed by atoms with Gasteiger partial charge in [-0.1, -0.05) is 62.2 Å². The van der Waals surface area contributed by atoms with Gasteiger partial charge in [0.05, 0.1) is 18.2 Å². The standard InChI is InChI=1S/C19H29ClN4O2.C5H4ClN/c1-12(2)24(26-25-22)18-17(13-7-6-8-14(20)9-13)15(11-21)16(23-18)10-19(3,4)5;6-5-3-1-2-4-7-5/h6-9,12,15-18,23H,10,22H2,1-5H3;1-4H. The third kappa shape index (κ3) is 8.20. The molecule has 3 N–H and O–H groups in total. The molecule has 4 unspecified atom stereocenters. The van der Waals surface area contributed by atoms with Gasteiger partial charge in [0.1, 0.15) is 5.15 Å². The van der Waals surface area contributed by atoms with E-state index in [0.29, 0.717) is 10.2 Å². The van der Waals surface area contributed by atoms with Crippen LogP contribution in [0.15, 0.2) is 48.7 Å². The molecule has 1 saturated heterocycles. The van der Waals surface area contributed by atoms with Gasteiger partial charge in [0.25, 0.3) is 0 Å². The van der Waals surface area contributed by atoms with E-state index in [2.05, 4.69) is 42.1 Å². The first-order chi connectivity index (χ1) is 15.6. The molecule has 0 spiro atoms. The summed E-state index contributed by atoms with van der Waals surface area (Å²) in [5.41, 5.74) is 1.07. The fraction of sp³-hybridized carbons (Fsp3) is 0.500. The second-order valence-electron chi connectivity index (χ2n) is 9.50. The summed E-state index contributed by atoms with van der Waals surface area (Å²) in [6.45, 7) is 10.5. The van der Waals surface area contributed by atoms with Crippen LogP contribution in [-0.4, -0.2) is 28.3 Å². The van der Waals surface area contributed by atoms with Gasteiger partial charge in [0.15, 0.2) is 0 Å². The average Bonchev–Trinajstić information content (AvgIpc) is 3.08. The van der Waals surface area contributed by atoms with Crippen molar-refractivity contribution in [2.24, 2.45) is 17.2 Å². The number of hydroxylamine groups is 2. The topological polar surface area (TPSA) is 96.4 Å². The van der Waals surface area contributed by atoms with Crippen LogP contribution in [0, 0.1) is 22.7 Å². The minimum absolute atomic E-state index is 0.00883. The van der Waals surface area contributed by atoms with Crippen molar-refractivity contribution in [3.63, 3.8) is 0 Å². The van der Waals surface area contributed by atoms with Crippen molar-refractivity contribution in [1.82, 2.24) is 15.4 Å². The zero-order valence-electron chi connectivity index (χ0n) is 19.7. The van der Waals surface area contributed by atoms with Crippen LogP contribution >= 0.6 is 23.2 Å². The summed E-state index contributed by atoms with van der Waals surface area (Å²) in [5, 5.41) is 16.4. The van der Waals surface area contributed by atoms with E-state index in [1.807, 2.05) is 50.2 Å². The molecule has 0 radical (unpaired) electrons. The molecule has 3 rings (SSSR count). The highest BCUT2D eigenvalue weighted by Crippen LogP contribution is 2.42. The maximum atomic E-state index is 9.96. The van der Waals surface area contributed by atoms with E-state index in [4.69, 9.17) is 34.1 Å². The summed E-state index contributed by atoms with van der Waals surface area (Å²) >= 11 is 11.6. The number of pyridine rings is 1. The number of rotatable bonds is 6. The molecule has 1 aliphatic heterocycles. The van der Waals surface area contributed by atoms with Crippen molar-refractivity contribution in [2.75, 3.05) is 0 Å². The summed E-state index contributed by atoms with van der Waals surface area (Å²) in [6.07, 6.45) is 2.24. The Hall–Kier alpha value is -1.76. The number of halogens is 2. The lowest BCUT2D eigenvalue weighted by molar-refractivity contribution is -0.451. The van der Waals surface area contributed by atoms with E-state index in [1.54, 1.807) is 17.3 Å². The van der Waals surface area contributed by atoms with E-state index < -0.39 is 0 Å². The quantitative estimate of drug-likeness (QED) is 0.312. The van der Waals surface area contributed by atoms with Crippen LogP contribution in [0.4, 0.5) is 0 Å². The van der Waals surface area contributed by atoms with E-state index in [9.17, 15) is 5.26 Å². The number of hydrogen-bond acceptors (Lipinski definition) is 7. The Labute approximate surface area is 206 Å². The first-order valence-electron chi connectivity index (χ1n) is 10.9. The minimum Gasteiger partial charge on any atom is -0.295 e. The average molecular weight is 494 g/mol. The number of nitriles is 1. The van der Waals surface area contributed by atoms with Crippen LogP contribution < -0.4 is 11.2 Å². The zero-order valence-corrected chi connectivity index (χ0v) is 21.2. The van der Waals surface area contributed by atoms with Crippen LogP contribution in [0.1, 0.15) is 52.5 Å². The van der Waals surface area contributed by atoms with Gasteiger partial charge in [-0.15, -0.1) is 15.0 Å². The van der Waals surface area contributed by atoms with Crippen LogP contribution in [0.2, 0.25) is 10.2 Å². The highest BCUT2D eigenvalue weighted by atomic mass is 35.5. The Morgan fingerprint density at radius 3 is 2.39 bits per heavy atom. The van der Waals surface area contributed by atoms with Gasteiger partial charge in [-0.2, -0.15) is 11.2 Å². The lowest BCUT2D eigenvalue weighted by Crippen LogP contribution is -2.50. The molecule has 1 aromatic heterocycles. The van der Waals surface area contributed by atoms with Gasteiger partial charge in [-0.25, -0.2) is 4.98 Å². The Bertz CT molecular complexity index is 902. The Kier molecular flexibility index (Phi) is 10.5. The number of nitrogens with zero attached hydrogens (tertiary/aromatic N) is 3. The van der Waals surface area contributed by atoms with Crippen LogP contribution in [0.3, 0.4) is 0 Å². The van der Waals surface area contributed by atoms with E-state index >= 15 is 0 Å². The molecule has 1 aromatic carbocycles. The fourth-order valence-corrected chi connectivity index (χ4v) is 4.40. The molecule has 4 atom stereocenters. The van der Waals surface area contributed by atoms with Crippen molar-refractivity contribution >= 4 is 23.2 Å². The molecule has 0 bridgehead atoms. The molecule has 2 heterocycles.